The predicted molar refractivity (Wildman–Crippen MR) is 199 cm³/mol. The van der Waals surface area contributed by atoms with Gasteiger partial charge in [0.1, 0.15) is 0 Å². The molecule has 272 valence electrons. The fourth-order valence-electron chi connectivity index (χ4n) is 9.47. The van der Waals surface area contributed by atoms with E-state index in [0.29, 0.717) is 35.4 Å². The molecule has 2 aliphatic carbocycles. The number of amides is 1. The SMILES string of the molecule is Cc1c(CC(=O)c2nc3c(n2C)CCNC3)cccc1-c1cccc(NC(=O)c2nc3c(n2C)CCN(CCC24CCC(C(=O)O)(CC2)C4)C3)c1Cl. The predicted octanol–water partition coefficient (Wildman–Crippen LogP) is 5.89. The Morgan fingerprint density at radius 1 is 0.942 bits per heavy atom. The van der Waals surface area contributed by atoms with E-state index < -0.39 is 11.4 Å². The third-order valence-corrected chi connectivity index (χ3v) is 13.0. The molecule has 0 saturated heterocycles. The van der Waals surface area contributed by atoms with Crippen LogP contribution in [0.25, 0.3) is 11.1 Å². The van der Waals surface area contributed by atoms with E-state index in [2.05, 4.69) is 20.5 Å². The van der Waals surface area contributed by atoms with Crippen LogP contribution in [0.3, 0.4) is 0 Å². The highest BCUT2D eigenvalue weighted by molar-refractivity contribution is 6.36. The first kappa shape index (κ1) is 34.7. The number of fused-ring (bicyclic) bond motifs is 4. The minimum Gasteiger partial charge on any atom is -0.481 e. The number of rotatable bonds is 10. The third-order valence-electron chi connectivity index (χ3n) is 12.6. The minimum atomic E-state index is -0.619. The van der Waals surface area contributed by atoms with Crippen molar-refractivity contribution in [1.29, 1.82) is 0 Å². The molecule has 12 heteroatoms. The number of halogens is 1. The maximum Gasteiger partial charge on any atom is 0.309 e. The van der Waals surface area contributed by atoms with Crippen LogP contribution in [0.15, 0.2) is 36.4 Å². The molecule has 0 atom stereocenters. The highest BCUT2D eigenvalue weighted by Gasteiger charge is 2.57. The Morgan fingerprint density at radius 2 is 1.65 bits per heavy atom. The zero-order valence-electron chi connectivity index (χ0n) is 30.1. The van der Waals surface area contributed by atoms with Crippen LogP contribution in [0, 0.1) is 17.8 Å². The highest BCUT2D eigenvalue weighted by Crippen LogP contribution is 2.63. The molecule has 2 aromatic carbocycles. The Morgan fingerprint density at radius 3 is 2.40 bits per heavy atom. The minimum absolute atomic E-state index is 0.0284. The summed E-state index contributed by atoms with van der Waals surface area (Å²) >= 11 is 7.01. The number of nitrogens with zero attached hydrogens (tertiary/aromatic N) is 5. The van der Waals surface area contributed by atoms with E-state index in [1.807, 2.05) is 60.5 Å². The molecular formula is C40H46ClN7O4. The molecule has 0 radical (unpaired) electrons. The Balaban J connectivity index is 0.951. The normalized spacial score (nSPS) is 22.3. The van der Waals surface area contributed by atoms with E-state index in [1.54, 1.807) is 6.07 Å². The van der Waals surface area contributed by atoms with Crippen molar-refractivity contribution in [2.45, 2.75) is 77.8 Å². The Labute approximate surface area is 308 Å². The lowest BCUT2D eigenvalue weighted by Crippen LogP contribution is -2.34. The number of hydrogen-bond donors (Lipinski definition) is 3. The van der Waals surface area contributed by atoms with E-state index in [-0.39, 0.29) is 23.5 Å². The topological polar surface area (TPSA) is 134 Å². The monoisotopic (exact) mass is 723 g/mol. The van der Waals surface area contributed by atoms with Crippen molar-refractivity contribution in [3.63, 3.8) is 0 Å². The summed E-state index contributed by atoms with van der Waals surface area (Å²) in [6.45, 7) is 6.02. The van der Waals surface area contributed by atoms with Crippen LogP contribution in [0.4, 0.5) is 5.69 Å². The third kappa shape index (κ3) is 5.96. The number of aromatic nitrogens is 4. The van der Waals surface area contributed by atoms with E-state index in [0.717, 1.165) is 116 Å². The van der Waals surface area contributed by atoms with E-state index in [9.17, 15) is 19.5 Å². The van der Waals surface area contributed by atoms with Gasteiger partial charge in [0.25, 0.3) is 5.91 Å². The van der Waals surface area contributed by atoms with Crippen LogP contribution < -0.4 is 10.6 Å². The van der Waals surface area contributed by atoms with Gasteiger partial charge in [0, 0.05) is 76.5 Å². The van der Waals surface area contributed by atoms with Crippen molar-refractivity contribution in [2.75, 3.05) is 25.0 Å². The summed E-state index contributed by atoms with van der Waals surface area (Å²) < 4.78 is 3.83. The Bertz CT molecular complexity index is 2110. The number of carboxylic acid groups (broad SMARTS) is 1. The quantitative estimate of drug-likeness (QED) is 0.173. The molecule has 4 aliphatic rings. The molecule has 4 aromatic rings. The first-order valence-electron chi connectivity index (χ1n) is 18.4. The molecule has 2 aliphatic heterocycles. The molecule has 11 nitrogen and oxygen atoms in total. The van der Waals surface area contributed by atoms with E-state index in [1.165, 1.54) is 0 Å². The molecule has 0 spiro atoms. The molecule has 2 bridgehead atoms. The van der Waals surface area contributed by atoms with Crippen LogP contribution in [0.5, 0.6) is 0 Å². The van der Waals surface area contributed by atoms with Gasteiger partial charge in [-0.25, -0.2) is 9.97 Å². The summed E-state index contributed by atoms with van der Waals surface area (Å²) in [4.78, 5) is 51.0. The van der Waals surface area contributed by atoms with Gasteiger partial charge in [-0.2, -0.15) is 0 Å². The van der Waals surface area contributed by atoms with E-state index >= 15 is 0 Å². The molecule has 2 fully saturated rings. The van der Waals surface area contributed by atoms with Gasteiger partial charge < -0.3 is 24.9 Å². The number of Topliss-reactive ketones (excluding diaryl/α,β-unsaturated/α-hetero) is 1. The first-order valence-corrected chi connectivity index (χ1v) is 18.8. The van der Waals surface area contributed by atoms with Crippen molar-refractivity contribution in [2.24, 2.45) is 24.9 Å². The standard InChI is InChI=1S/C40H46ClN7O4/c1-24-25(20-33(49)35-43-29-21-42-17-10-31(29)46(35)2)6-4-7-26(24)27-8-5-9-28(34(27)41)45-37(50)36-44-30-22-48(18-11-32(30)47(36)3)19-16-39-12-14-40(23-39,15-13-39)38(51)52/h4-9,42H,10-23H2,1-3H3,(H,45,50)(H,51,52). The Hall–Kier alpha value is -4.32. The number of carbonyl (C=O) groups is 3. The summed E-state index contributed by atoms with van der Waals surface area (Å²) in [6.07, 6.45) is 7.31. The number of benzene rings is 2. The second-order valence-electron chi connectivity index (χ2n) is 15.6. The average Bonchev–Trinajstić information content (AvgIpc) is 3.90. The van der Waals surface area contributed by atoms with Crippen molar-refractivity contribution >= 4 is 34.9 Å². The molecule has 8 rings (SSSR count). The second kappa shape index (κ2) is 13.3. The van der Waals surface area contributed by atoms with Gasteiger partial charge in [-0.3, -0.25) is 19.3 Å². The molecule has 0 unspecified atom stereocenters. The summed E-state index contributed by atoms with van der Waals surface area (Å²) in [6, 6.07) is 11.5. The van der Waals surface area contributed by atoms with Crippen LogP contribution in [-0.4, -0.2) is 66.4 Å². The first-order chi connectivity index (χ1) is 25.0. The number of carbonyl (C=O) groups excluding carboxylic acids is 2. The van der Waals surface area contributed by atoms with Gasteiger partial charge in [-0.1, -0.05) is 41.9 Å². The second-order valence-corrected chi connectivity index (χ2v) is 15.9. The summed E-state index contributed by atoms with van der Waals surface area (Å²) in [5.41, 5.74) is 7.70. The summed E-state index contributed by atoms with van der Waals surface area (Å²) in [7, 11) is 3.81. The molecule has 1 amide bonds. The van der Waals surface area contributed by atoms with Gasteiger partial charge >= 0.3 is 5.97 Å². The van der Waals surface area contributed by atoms with Crippen molar-refractivity contribution in [3.05, 3.63) is 87.0 Å². The maximum absolute atomic E-state index is 13.7. The molecule has 52 heavy (non-hydrogen) atoms. The zero-order chi connectivity index (χ0) is 36.4. The highest BCUT2D eigenvalue weighted by atomic mass is 35.5. The lowest BCUT2D eigenvalue weighted by Gasteiger charge is -2.32. The van der Waals surface area contributed by atoms with Crippen molar-refractivity contribution < 1.29 is 19.5 Å². The van der Waals surface area contributed by atoms with E-state index in [4.69, 9.17) is 16.6 Å². The molecule has 3 N–H and O–H groups in total. The van der Waals surface area contributed by atoms with Crippen molar-refractivity contribution in [1.82, 2.24) is 29.3 Å². The molecule has 2 saturated carbocycles. The van der Waals surface area contributed by atoms with Crippen LogP contribution in [0.1, 0.15) is 93.7 Å². The number of carboxylic acids is 1. The average molecular weight is 724 g/mol. The number of anilines is 1. The van der Waals surface area contributed by atoms with Gasteiger partial charge in [0.05, 0.1) is 27.5 Å². The lowest BCUT2D eigenvalue weighted by molar-refractivity contribution is -0.148. The van der Waals surface area contributed by atoms with Crippen LogP contribution in [0.2, 0.25) is 5.02 Å². The summed E-state index contributed by atoms with van der Waals surface area (Å²) in [5, 5.41) is 16.6. The van der Waals surface area contributed by atoms with Gasteiger partial charge in [0.15, 0.2) is 11.6 Å². The summed E-state index contributed by atoms with van der Waals surface area (Å²) in [5.74, 6) is -0.150. The molecule has 4 heterocycles. The lowest BCUT2D eigenvalue weighted by atomic mass is 9.80. The number of imidazole rings is 2. The molecular weight excluding hydrogens is 678 g/mol. The van der Waals surface area contributed by atoms with Gasteiger partial charge in [-0.05, 0) is 80.2 Å². The van der Waals surface area contributed by atoms with Crippen molar-refractivity contribution in [3.8, 4) is 11.1 Å². The fraction of sp³-hybridized carbons (Fsp3) is 0.475. The zero-order valence-corrected chi connectivity index (χ0v) is 30.9. The van der Waals surface area contributed by atoms with Gasteiger partial charge in [-0.15, -0.1) is 0 Å². The maximum atomic E-state index is 13.7. The van der Waals surface area contributed by atoms with Gasteiger partial charge in [0.2, 0.25) is 5.78 Å². The number of aliphatic carboxylic acids is 1. The largest absolute Gasteiger partial charge is 0.481 e. The van der Waals surface area contributed by atoms with Crippen LogP contribution >= 0.6 is 11.6 Å². The fourth-order valence-corrected chi connectivity index (χ4v) is 9.74. The Kier molecular flexibility index (Phi) is 8.87. The molecule has 2 aromatic heterocycles. The van der Waals surface area contributed by atoms with Crippen LogP contribution in [-0.2, 0) is 51.2 Å². The number of ketones is 1. The number of nitrogens with one attached hydrogen (secondary N) is 2. The smallest absolute Gasteiger partial charge is 0.309 e. The number of hydrogen-bond acceptors (Lipinski definition) is 7.